The van der Waals surface area contributed by atoms with Crippen LogP contribution in [0.2, 0.25) is 0 Å². The maximum Gasteiger partial charge on any atom is 0.118 e. The molecule has 1 rings (SSSR count). The van der Waals surface area contributed by atoms with Crippen LogP contribution < -0.4 is 0 Å². The van der Waals surface area contributed by atoms with Gasteiger partial charge in [0, 0.05) is 10.0 Å². The van der Waals surface area contributed by atoms with Crippen molar-refractivity contribution < 1.29 is 14.3 Å². The SMILES string of the molecule is C=C(OC)c1cc(C)cc(Br)c1.C=O.C=O.CCC. The Morgan fingerprint density at radius 2 is 1.58 bits per heavy atom. The zero-order chi connectivity index (χ0) is 15.8. The number of ether oxygens (including phenoxy) is 1. The molecule has 0 bridgehead atoms. The molecular formula is C15H23BrO3. The van der Waals surface area contributed by atoms with E-state index in [1.54, 1.807) is 7.11 Å². The van der Waals surface area contributed by atoms with E-state index in [1.807, 2.05) is 38.7 Å². The van der Waals surface area contributed by atoms with E-state index >= 15 is 0 Å². The molecule has 0 atom stereocenters. The zero-order valence-electron chi connectivity index (χ0n) is 12.2. The smallest absolute Gasteiger partial charge is 0.118 e. The summed E-state index contributed by atoms with van der Waals surface area (Å²) in [7, 11) is 1.62. The third-order valence-electron chi connectivity index (χ3n) is 1.61. The monoisotopic (exact) mass is 330 g/mol. The largest absolute Gasteiger partial charge is 0.497 e. The van der Waals surface area contributed by atoms with E-state index in [2.05, 4.69) is 36.4 Å². The molecule has 19 heavy (non-hydrogen) atoms. The van der Waals surface area contributed by atoms with Crippen molar-refractivity contribution >= 4 is 35.3 Å². The minimum atomic E-state index is 0.694. The fourth-order valence-corrected chi connectivity index (χ4v) is 1.62. The van der Waals surface area contributed by atoms with Gasteiger partial charge in [-0.05, 0) is 30.7 Å². The summed E-state index contributed by atoms with van der Waals surface area (Å²) in [5, 5.41) is 0. The van der Waals surface area contributed by atoms with Crippen molar-refractivity contribution in [1.29, 1.82) is 0 Å². The summed E-state index contributed by atoms with van der Waals surface area (Å²) in [4.78, 5) is 16.0. The Kier molecular flexibility index (Phi) is 19.8. The van der Waals surface area contributed by atoms with Gasteiger partial charge in [-0.15, -0.1) is 0 Å². The molecule has 1 aromatic rings. The van der Waals surface area contributed by atoms with Crippen molar-refractivity contribution in [2.45, 2.75) is 27.2 Å². The average Bonchev–Trinajstić information content (AvgIpc) is 2.42. The summed E-state index contributed by atoms with van der Waals surface area (Å²) < 4.78 is 6.08. The van der Waals surface area contributed by atoms with Crippen LogP contribution in [0.15, 0.2) is 29.3 Å². The molecule has 0 amide bonds. The minimum absolute atomic E-state index is 0.694. The van der Waals surface area contributed by atoms with E-state index in [9.17, 15) is 0 Å². The van der Waals surface area contributed by atoms with Crippen LogP contribution in [0.5, 0.6) is 0 Å². The Hall–Kier alpha value is -1.42. The van der Waals surface area contributed by atoms with Crippen molar-refractivity contribution in [3.63, 3.8) is 0 Å². The van der Waals surface area contributed by atoms with Gasteiger partial charge >= 0.3 is 0 Å². The number of hydrogen-bond donors (Lipinski definition) is 0. The summed E-state index contributed by atoms with van der Waals surface area (Å²) in [6, 6.07) is 6.07. The Labute approximate surface area is 124 Å². The van der Waals surface area contributed by atoms with Crippen molar-refractivity contribution in [3.05, 3.63) is 40.4 Å². The van der Waals surface area contributed by atoms with Crippen LogP contribution >= 0.6 is 15.9 Å². The van der Waals surface area contributed by atoms with Crippen LogP contribution in [0.3, 0.4) is 0 Å². The molecule has 0 saturated heterocycles. The molecule has 0 aliphatic heterocycles. The van der Waals surface area contributed by atoms with E-state index in [0.29, 0.717) is 5.76 Å². The maximum absolute atomic E-state index is 8.00. The lowest BCUT2D eigenvalue weighted by Gasteiger charge is -2.05. The molecule has 4 heteroatoms. The lowest BCUT2D eigenvalue weighted by molar-refractivity contribution is -0.0987. The highest BCUT2D eigenvalue weighted by atomic mass is 79.9. The highest BCUT2D eigenvalue weighted by molar-refractivity contribution is 9.10. The predicted octanol–water partition coefficient (Wildman–Crippen LogP) is 4.42. The third kappa shape index (κ3) is 12.8. The van der Waals surface area contributed by atoms with Crippen LogP contribution in [-0.4, -0.2) is 20.7 Å². The molecule has 0 saturated carbocycles. The summed E-state index contributed by atoms with van der Waals surface area (Å²) in [6.45, 7) is 14.1. The quantitative estimate of drug-likeness (QED) is 0.754. The number of carbonyl (C=O) groups excluding carboxylic acids is 2. The van der Waals surface area contributed by atoms with Crippen molar-refractivity contribution in [1.82, 2.24) is 0 Å². The molecule has 0 aromatic heterocycles. The van der Waals surface area contributed by atoms with Crippen molar-refractivity contribution in [3.8, 4) is 0 Å². The zero-order valence-corrected chi connectivity index (χ0v) is 13.7. The average molecular weight is 331 g/mol. The fraction of sp³-hybridized carbons (Fsp3) is 0.333. The van der Waals surface area contributed by atoms with Gasteiger partial charge in [0.2, 0.25) is 0 Å². The van der Waals surface area contributed by atoms with Gasteiger partial charge in [-0.25, -0.2) is 0 Å². The molecule has 0 heterocycles. The van der Waals surface area contributed by atoms with Crippen LogP contribution in [0.4, 0.5) is 0 Å². The van der Waals surface area contributed by atoms with Gasteiger partial charge in [-0.1, -0.05) is 42.8 Å². The van der Waals surface area contributed by atoms with E-state index in [1.165, 1.54) is 12.0 Å². The van der Waals surface area contributed by atoms with Gasteiger partial charge in [0.05, 0.1) is 7.11 Å². The van der Waals surface area contributed by atoms with E-state index in [-0.39, 0.29) is 0 Å². The van der Waals surface area contributed by atoms with E-state index < -0.39 is 0 Å². The topological polar surface area (TPSA) is 43.4 Å². The number of carbonyl (C=O) groups is 2. The van der Waals surface area contributed by atoms with Gasteiger partial charge < -0.3 is 14.3 Å². The normalized spacial score (nSPS) is 7.42. The molecule has 0 aliphatic carbocycles. The molecule has 0 N–H and O–H groups in total. The second-order valence-corrected chi connectivity index (χ2v) is 4.27. The predicted molar refractivity (Wildman–Crippen MR) is 85.1 cm³/mol. The van der Waals surface area contributed by atoms with Gasteiger partial charge in [0.25, 0.3) is 0 Å². The molecule has 0 spiro atoms. The number of halogens is 1. The second-order valence-electron chi connectivity index (χ2n) is 3.35. The Morgan fingerprint density at radius 1 is 1.16 bits per heavy atom. The van der Waals surface area contributed by atoms with Gasteiger partial charge in [0.15, 0.2) is 0 Å². The van der Waals surface area contributed by atoms with Gasteiger partial charge in [0.1, 0.15) is 19.3 Å². The first kappa shape index (κ1) is 22.7. The summed E-state index contributed by atoms with van der Waals surface area (Å²) in [6.07, 6.45) is 1.25. The van der Waals surface area contributed by atoms with Crippen LogP contribution in [0.1, 0.15) is 31.4 Å². The minimum Gasteiger partial charge on any atom is -0.497 e. The Morgan fingerprint density at radius 3 is 1.89 bits per heavy atom. The second kappa shape index (κ2) is 16.6. The van der Waals surface area contributed by atoms with Crippen LogP contribution in [-0.2, 0) is 14.3 Å². The number of rotatable bonds is 2. The fourth-order valence-electron chi connectivity index (χ4n) is 1.02. The standard InChI is InChI=1S/C10H11BrO.C3H8.2CH2O/c1-7-4-9(8(2)12-3)6-10(11)5-7;1-3-2;2*1-2/h4-6H,2H2,1,3H3;3H2,1-2H3;2*1H2. The molecule has 0 radical (unpaired) electrons. The van der Waals surface area contributed by atoms with E-state index in [0.717, 1.165) is 10.0 Å². The molecule has 0 unspecified atom stereocenters. The Balaban J connectivity index is -0.000000313. The number of hydrogen-bond acceptors (Lipinski definition) is 3. The summed E-state index contributed by atoms with van der Waals surface area (Å²) in [5.41, 5.74) is 2.21. The van der Waals surface area contributed by atoms with Crippen molar-refractivity contribution in [2.24, 2.45) is 0 Å². The molecule has 1 aromatic carbocycles. The number of methoxy groups -OCH3 is 1. The van der Waals surface area contributed by atoms with Crippen LogP contribution in [0.25, 0.3) is 5.76 Å². The molecule has 0 aliphatic rings. The number of benzene rings is 1. The third-order valence-corrected chi connectivity index (χ3v) is 2.07. The first-order valence-corrected chi connectivity index (χ1v) is 6.42. The molecular weight excluding hydrogens is 308 g/mol. The molecule has 0 fully saturated rings. The lowest BCUT2D eigenvalue weighted by atomic mass is 10.1. The summed E-state index contributed by atoms with van der Waals surface area (Å²) in [5.74, 6) is 0.694. The first-order chi connectivity index (χ1) is 9.04. The Bertz CT molecular complexity index is 329. The first-order valence-electron chi connectivity index (χ1n) is 5.63. The van der Waals surface area contributed by atoms with Crippen molar-refractivity contribution in [2.75, 3.05) is 7.11 Å². The summed E-state index contributed by atoms with van der Waals surface area (Å²) >= 11 is 3.41. The van der Waals surface area contributed by atoms with Crippen LogP contribution in [0, 0.1) is 6.92 Å². The molecule has 108 valence electrons. The highest BCUT2D eigenvalue weighted by Crippen LogP contribution is 2.20. The maximum atomic E-state index is 8.00. The van der Waals surface area contributed by atoms with Gasteiger partial charge in [-0.2, -0.15) is 0 Å². The van der Waals surface area contributed by atoms with Gasteiger partial charge in [-0.3, -0.25) is 0 Å². The lowest BCUT2D eigenvalue weighted by Crippen LogP contribution is -1.86. The van der Waals surface area contributed by atoms with E-state index in [4.69, 9.17) is 14.3 Å². The number of aryl methyl sites for hydroxylation is 1. The highest BCUT2D eigenvalue weighted by Gasteiger charge is 1.99. The molecule has 3 nitrogen and oxygen atoms in total.